The minimum absolute atomic E-state index is 0.102. The number of carboxylic acid groups (broad SMARTS) is 1. The normalized spacial score (nSPS) is 21.5. The van der Waals surface area contributed by atoms with Gasteiger partial charge < -0.3 is 14.9 Å². The fraction of sp³-hybridized carbons (Fsp3) is 0.438. The van der Waals surface area contributed by atoms with Crippen LogP contribution >= 0.6 is 0 Å². The van der Waals surface area contributed by atoms with Crippen molar-refractivity contribution in [3.05, 3.63) is 35.9 Å². The lowest BCUT2D eigenvalue weighted by atomic mass is 9.98. The zero-order chi connectivity index (χ0) is 16.3. The van der Waals surface area contributed by atoms with E-state index in [1.807, 2.05) is 6.07 Å². The van der Waals surface area contributed by atoms with Crippen LogP contribution in [-0.2, 0) is 9.59 Å². The highest BCUT2D eigenvalue weighted by molar-refractivity contribution is 5.95. The third kappa shape index (κ3) is 3.27. The topological polar surface area (TPSA) is 77.9 Å². The number of aliphatic carboxylic acids is 1. The van der Waals surface area contributed by atoms with Gasteiger partial charge in [0.1, 0.15) is 0 Å². The highest BCUT2D eigenvalue weighted by atomic mass is 16.4. The van der Waals surface area contributed by atoms with Crippen LogP contribution in [0.25, 0.3) is 0 Å². The molecule has 1 aromatic rings. The van der Waals surface area contributed by atoms with Crippen LogP contribution in [0.2, 0.25) is 0 Å². The first kappa shape index (κ1) is 16.0. The molecule has 118 valence electrons. The maximum Gasteiger partial charge on any atom is 0.305 e. The van der Waals surface area contributed by atoms with Gasteiger partial charge in [-0.25, -0.2) is 0 Å². The highest BCUT2D eigenvalue weighted by Gasteiger charge is 2.38. The first-order valence-corrected chi connectivity index (χ1v) is 7.27. The van der Waals surface area contributed by atoms with Crippen LogP contribution in [-0.4, -0.2) is 57.9 Å². The van der Waals surface area contributed by atoms with Gasteiger partial charge >= 0.3 is 5.97 Å². The van der Waals surface area contributed by atoms with E-state index in [4.69, 9.17) is 5.11 Å². The van der Waals surface area contributed by atoms with Crippen LogP contribution in [0.3, 0.4) is 0 Å². The molecule has 0 bridgehead atoms. The van der Waals surface area contributed by atoms with Crippen LogP contribution in [0.15, 0.2) is 30.3 Å². The first-order valence-electron chi connectivity index (χ1n) is 7.27. The second kappa shape index (κ2) is 6.60. The number of hydrogen-bond donors (Lipinski definition) is 1. The van der Waals surface area contributed by atoms with Crippen LogP contribution in [0, 0.1) is 0 Å². The number of carbonyl (C=O) groups is 3. The van der Waals surface area contributed by atoms with Crippen molar-refractivity contribution in [2.75, 3.05) is 13.1 Å². The summed E-state index contributed by atoms with van der Waals surface area (Å²) in [6.07, 6.45) is -0.177. The molecule has 2 rings (SSSR count). The van der Waals surface area contributed by atoms with Crippen molar-refractivity contribution in [3.63, 3.8) is 0 Å². The molecule has 1 saturated heterocycles. The van der Waals surface area contributed by atoms with E-state index in [1.165, 1.54) is 6.92 Å². The zero-order valence-electron chi connectivity index (χ0n) is 12.7. The average molecular weight is 304 g/mol. The largest absolute Gasteiger partial charge is 0.481 e. The Morgan fingerprint density at radius 2 is 1.73 bits per heavy atom. The summed E-state index contributed by atoms with van der Waals surface area (Å²) in [7, 11) is 0. The second-order valence-electron chi connectivity index (χ2n) is 5.48. The SMILES string of the molecule is CC(=O)N1CCN(C(=O)c2ccccc2)[C@H](CC(=O)O)[C@H]1C. The Morgan fingerprint density at radius 1 is 1.14 bits per heavy atom. The van der Waals surface area contributed by atoms with Crippen LogP contribution < -0.4 is 0 Å². The molecule has 0 unspecified atom stereocenters. The molecule has 1 heterocycles. The van der Waals surface area contributed by atoms with Crippen molar-refractivity contribution in [2.24, 2.45) is 0 Å². The fourth-order valence-corrected chi connectivity index (χ4v) is 2.96. The Bertz CT molecular complexity index is 573. The summed E-state index contributed by atoms with van der Waals surface area (Å²) in [5.41, 5.74) is 0.529. The molecule has 2 atom stereocenters. The fourth-order valence-electron chi connectivity index (χ4n) is 2.96. The number of benzene rings is 1. The molecule has 1 aromatic carbocycles. The van der Waals surface area contributed by atoms with E-state index in [0.717, 1.165) is 0 Å². The average Bonchev–Trinajstić information content (AvgIpc) is 2.48. The van der Waals surface area contributed by atoms with Gasteiger partial charge in [-0.05, 0) is 19.1 Å². The van der Waals surface area contributed by atoms with Gasteiger partial charge in [0, 0.05) is 31.6 Å². The molecular weight excluding hydrogens is 284 g/mol. The van der Waals surface area contributed by atoms with Crippen molar-refractivity contribution < 1.29 is 19.5 Å². The van der Waals surface area contributed by atoms with Crippen molar-refractivity contribution >= 4 is 17.8 Å². The van der Waals surface area contributed by atoms with Gasteiger partial charge in [-0.1, -0.05) is 18.2 Å². The molecule has 6 heteroatoms. The first-order chi connectivity index (χ1) is 10.4. The molecular formula is C16H20N2O4. The number of amides is 2. The van der Waals surface area contributed by atoms with E-state index in [2.05, 4.69) is 0 Å². The Hall–Kier alpha value is -2.37. The molecule has 2 amide bonds. The monoisotopic (exact) mass is 304 g/mol. The summed E-state index contributed by atoms with van der Waals surface area (Å²) < 4.78 is 0. The maximum atomic E-state index is 12.6. The van der Waals surface area contributed by atoms with Gasteiger partial charge in [-0.2, -0.15) is 0 Å². The summed E-state index contributed by atoms with van der Waals surface area (Å²) in [4.78, 5) is 38.7. The molecule has 1 N–H and O–H groups in total. The molecule has 1 aliphatic rings. The maximum absolute atomic E-state index is 12.6. The van der Waals surface area contributed by atoms with E-state index in [1.54, 1.807) is 41.0 Å². The van der Waals surface area contributed by atoms with E-state index in [-0.39, 0.29) is 24.3 Å². The van der Waals surface area contributed by atoms with Gasteiger partial charge in [0.25, 0.3) is 5.91 Å². The van der Waals surface area contributed by atoms with Crippen molar-refractivity contribution in [2.45, 2.75) is 32.4 Å². The number of carbonyl (C=O) groups excluding carboxylic acids is 2. The number of nitrogens with zero attached hydrogens (tertiary/aromatic N) is 2. The summed E-state index contributed by atoms with van der Waals surface area (Å²) >= 11 is 0. The number of hydrogen-bond acceptors (Lipinski definition) is 3. The molecule has 22 heavy (non-hydrogen) atoms. The summed E-state index contributed by atoms with van der Waals surface area (Å²) in [5, 5.41) is 9.14. The van der Waals surface area contributed by atoms with Crippen LogP contribution in [0.4, 0.5) is 0 Å². The Balaban J connectivity index is 2.27. The number of carboxylic acids is 1. The van der Waals surface area contributed by atoms with E-state index < -0.39 is 12.0 Å². The molecule has 0 radical (unpaired) electrons. The van der Waals surface area contributed by atoms with Crippen molar-refractivity contribution in [3.8, 4) is 0 Å². The minimum atomic E-state index is -0.979. The van der Waals surface area contributed by atoms with Gasteiger partial charge in [-0.3, -0.25) is 14.4 Å². The number of piperazine rings is 1. The van der Waals surface area contributed by atoms with E-state index >= 15 is 0 Å². The zero-order valence-corrected chi connectivity index (χ0v) is 12.7. The van der Waals surface area contributed by atoms with E-state index in [9.17, 15) is 14.4 Å². The Labute approximate surface area is 129 Å². The molecule has 1 aliphatic heterocycles. The minimum Gasteiger partial charge on any atom is -0.481 e. The standard InChI is InChI=1S/C16H20N2O4/c1-11-14(10-15(20)21)18(9-8-17(11)12(2)19)16(22)13-6-4-3-5-7-13/h3-7,11,14H,8-10H2,1-2H3,(H,20,21)/t11-,14-/m1/s1. The smallest absolute Gasteiger partial charge is 0.305 e. The molecule has 1 fully saturated rings. The summed E-state index contributed by atoms with van der Waals surface area (Å²) in [6, 6.07) is 7.94. The number of rotatable bonds is 3. The third-order valence-electron chi connectivity index (χ3n) is 4.10. The quantitative estimate of drug-likeness (QED) is 0.911. The van der Waals surface area contributed by atoms with Crippen molar-refractivity contribution in [1.29, 1.82) is 0 Å². The lowest BCUT2D eigenvalue weighted by Gasteiger charge is -2.45. The van der Waals surface area contributed by atoms with Crippen molar-refractivity contribution in [1.82, 2.24) is 9.80 Å². The predicted octanol–water partition coefficient (Wildman–Crippen LogP) is 1.22. The van der Waals surface area contributed by atoms with Gasteiger partial charge in [0.15, 0.2) is 0 Å². The van der Waals surface area contributed by atoms with Crippen LogP contribution in [0.1, 0.15) is 30.6 Å². The lowest BCUT2D eigenvalue weighted by molar-refractivity contribution is -0.142. The molecule has 0 saturated carbocycles. The molecule has 0 spiro atoms. The van der Waals surface area contributed by atoms with Crippen LogP contribution in [0.5, 0.6) is 0 Å². The molecule has 0 aromatic heterocycles. The summed E-state index contributed by atoms with van der Waals surface area (Å²) in [5.74, 6) is -1.27. The highest BCUT2D eigenvalue weighted by Crippen LogP contribution is 2.22. The Kier molecular flexibility index (Phi) is 4.80. The van der Waals surface area contributed by atoms with Gasteiger partial charge in [-0.15, -0.1) is 0 Å². The predicted molar refractivity (Wildman–Crippen MR) is 80.4 cm³/mol. The lowest BCUT2D eigenvalue weighted by Crippen LogP contribution is -2.61. The van der Waals surface area contributed by atoms with Gasteiger partial charge in [0.05, 0.1) is 12.5 Å². The molecule has 6 nitrogen and oxygen atoms in total. The molecule has 0 aliphatic carbocycles. The third-order valence-corrected chi connectivity index (χ3v) is 4.10. The van der Waals surface area contributed by atoms with E-state index in [0.29, 0.717) is 18.7 Å². The Morgan fingerprint density at radius 3 is 2.27 bits per heavy atom. The van der Waals surface area contributed by atoms with Gasteiger partial charge in [0.2, 0.25) is 5.91 Å². The second-order valence-corrected chi connectivity index (χ2v) is 5.48. The summed E-state index contributed by atoms with van der Waals surface area (Å²) in [6.45, 7) is 4.02.